The first-order chi connectivity index (χ1) is 13.4. The minimum atomic E-state index is -2.85. The number of rotatable bonds is 7. The van der Waals surface area contributed by atoms with E-state index in [1.54, 1.807) is 51.5 Å². The van der Waals surface area contributed by atoms with Crippen LogP contribution < -0.4 is 15.4 Å². The third-order valence-electron chi connectivity index (χ3n) is 3.87. The van der Waals surface area contributed by atoms with Crippen LogP contribution in [0.25, 0.3) is 0 Å². The van der Waals surface area contributed by atoms with E-state index < -0.39 is 6.61 Å². The molecular weight excluding hydrogens is 493 g/mol. The van der Waals surface area contributed by atoms with Crippen LogP contribution in [0, 0.1) is 0 Å². The van der Waals surface area contributed by atoms with E-state index in [2.05, 4.69) is 20.4 Å². The fourth-order valence-corrected chi connectivity index (χ4v) is 2.45. The van der Waals surface area contributed by atoms with Crippen LogP contribution in [0.1, 0.15) is 21.5 Å². The summed E-state index contributed by atoms with van der Waals surface area (Å²) < 4.78 is 29.0. The Bertz CT molecular complexity index is 814. The molecular formula is C20H25F2IN4O2. The SMILES string of the molecule is CN=C(NCc1ccc(C(=O)N(C)C)cc1)NCc1cccc(OC(F)F)c1.I. The number of aliphatic imine (C=N–C) groups is 1. The Morgan fingerprint density at radius 2 is 1.69 bits per heavy atom. The fraction of sp³-hybridized carbons (Fsp3) is 0.300. The van der Waals surface area contributed by atoms with Gasteiger partial charge in [-0.05, 0) is 35.4 Å². The zero-order valence-corrected chi connectivity index (χ0v) is 18.8. The van der Waals surface area contributed by atoms with Crippen molar-refractivity contribution in [2.45, 2.75) is 19.7 Å². The number of hydrogen-bond acceptors (Lipinski definition) is 3. The summed E-state index contributed by atoms with van der Waals surface area (Å²) in [5.74, 6) is 0.633. The van der Waals surface area contributed by atoms with Crippen LogP contribution in [0.4, 0.5) is 8.78 Å². The molecule has 0 aliphatic rings. The third-order valence-corrected chi connectivity index (χ3v) is 3.87. The van der Waals surface area contributed by atoms with E-state index >= 15 is 0 Å². The average Bonchev–Trinajstić information content (AvgIpc) is 2.67. The van der Waals surface area contributed by atoms with Crippen molar-refractivity contribution < 1.29 is 18.3 Å². The van der Waals surface area contributed by atoms with E-state index in [9.17, 15) is 13.6 Å². The number of ether oxygens (including phenoxy) is 1. The molecule has 2 aromatic rings. The number of amides is 1. The molecule has 0 spiro atoms. The maximum Gasteiger partial charge on any atom is 0.387 e. The minimum Gasteiger partial charge on any atom is -0.435 e. The predicted molar refractivity (Wildman–Crippen MR) is 120 cm³/mol. The molecule has 2 aromatic carbocycles. The van der Waals surface area contributed by atoms with Gasteiger partial charge in [0.25, 0.3) is 5.91 Å². The standard InChI is InChI=1S/C20H24F2N4O2.HI/c1-23-20(25-13-15-5-4-6-17(11-15)28-19(21)22)24-12-14-7-9-16(10-8-14)18(27)26(2)3;/h4-11,19H,12-13H2,1-3H3,(H2,23,24,25);1H. The summed E-state index contributed by atoms with van der Waals surface area (Å²) in [6.07, 6.45) is 0. The lowest BCUT2D eigenvalue weighted by molar-refractivity contribution is -0.0498. The van der Waals surface area contributed by atoms with Crippen molar-refractivity contribution in [1.82, 2.24) is 15.5 Å². The van der Waals surface area contributed by atoms with Crippen molar-refractivity contribution in [3.8, 4) is 5.75 Å². The predicted octanol–water partition coefficient (Wildman–Crippen LogP) is 3.47. The van der Waals surface area contributed by atoms with Crippen molar-refractivity contribution in [3.05, 3.63) is 65.2 Å². The first kappa shape index (κ1) is 24.6. The van der Waals surface area contributed by atoms with Gasteiger partial charge in [0.05, 0.1) is 0 Å². The lowest BCUT2D eigenvalue weighted by Gasteiger charge is -2.13. The summed E-state index contributed by atoms with van der Waals surface area (Å²) in [6, 6.07) is 13.8. The van der Waals surface area contributed by atoms with Gasteiger partial charge in [0.15, 0.2) is 5.96 Å². The molecule has 158 valence electrons. The molecule has 0 radical (unpaired) electrons. The zero-order valence-electron chi connectivity index (χ0n) is 16.5. The summed E-state index contributed by atoms with van der Waals surface area (Å²) in [4.78, 5) is 17.6. The Balaban J connectivity index is 0.00000420. The molecule has 29 heavy (non-hydrogen) atoms. The fourth-order valence-electron chi connectivity index (χ4n) is 2.45. The maximum absolute atomic E-state index is 12.3. The topological polar surface area (TPSA) is 66.0 Å². The average molecular weight is 518 g/mol. The van der Waals surface area contributed by atoms with E-state index in [4.69, 9.17) is 0 Å². The molecule has 0 saturated heterocycles. The highest BCUT2D eigenvalue weighted by Crippen LogP contribution is 2.15. The van der Waals surface area contributed by atoms with Crippen molar-refractivity contribution >= 4 is 35.8 Å². The van der Waals surface area contributed by atoms with Gasteiger partial charge < -0.3 is 20.3 Å². The van der Waals surface area contributed by atoms with Gasteiger partial charge in [-0.25, -0.2) is 0 Å². The van der Waals surface area contributed by atoms with E-state index in [-0.39, 0.29) is 35.6 Å². The van der Waals surface area contributed by atoms with Gasteiger partial charge >= 0.3 is 6.61 Å². The van der Waals surface area contributed by atoms with E-state index in [1.165, 1.54) is 11.0 Å². The van der Waals surface area contributed by atoms with E-state index in [0.29, 0.717) is 24.6 Å². The van der Waals surface area contributed by atoms with Gasteiger partial charge in [0.2, 0.25) is 0 Å². The minimum absolute atomic E-state index is 0. The van der Waals surface area contributed by atoms with Crippen LogP contribution in [-0.4, -0.2) is 44.5 Å². The molecule has 0 bridgehead atoms. The van der Waals surface area contributed by atoms with Gasteiger partial charge in [-0.3, -0.25) is 9.79 Å². The highest BCUT2D eigenvalue weighted by Gasteiger charge is 2.08. The van der Waals surface area contributed by atoms with Crippen molar-refractivity contribution in [3.63, 3.8) is 0 Å². The summed E-state index contributed by atoms with van der Waals surface area (Å²) >= 11 is 0. The molecule has 0 aromatic heterocycles. The molecule has 6 nitrogen and oxygen atoms in total. The summed E-state index contributed by atoms with van der Waals surface area (Å²) in [6.45, 7) is -1.93. The number of nitrogens with one attached hydrogen (secondary N) is 2. The molecule has 0 aliphatic carbocycles. The van der Waals surface area contributed by atoms with Gasteiger partial charge in [0.1, 0.15) is 5.75 Å². The lowest BCUT2D eigenvalue weighted by Crippen LogP contribution is -2.36. The summed E-state index contributed by atoms with van der Waals surface area (Å²) in [5, 5.41) is 6.28. The van der Waals surface area contributed by atoms with Crippen molar-refractivity contribution in [1.29, 1.82) is 0 Å². The number of carbonyl (C=O) groups excluding carboxylic acids is 1. The normalized spacial score (nSPS) is 10.9. The Morgan fingerprint density at radius 3 is 2.24 bits per heavy atom. The highest BCUT2D eigenvalue weighted by atomic mass is 127. The number of halogens is 3. The molecule has 2 rings (SSSR count). The Kier molecular flexibility index (Phi) is 10.4. The number of alkyl halides is 2. The van der Waals surface area contributed by atoms with Gasteiger partial charge in [-0.2, -0.15) is 8.78 Å². The number of nitrogens with zero attached hydrogens (tertiary/aromatic N) is 2. The molecule has 0 saturated carbocycles. The summed E-state index contributed by atoms with van der Waals surface area (Å²) in [7, 11) is 5.07. The zero-order chi connectivity index (χ0) is 20.5. The van der Waals surface area contributed by atoms with Gasteiger partial charge in [0, 0.05) is 39.8 Å². The Labute approximate surface area is 186 Å². The molecule has 0 unspecified atom stereocenters. The molecule has 9 heteroatoms. The Hall–Kier alpha value is -2.43. The van der Waals surface area contributed by atoms with Crippen LogP contribution in [0.2, 0.25) is 0 Å². The molecule has 0 fully saturated rings. The second kappa shape index (κ2) is 12.2. The van der Waals surface area contributed by atoms with E-state index in [1.807, 2.05) is 12.1 Å². The molecule has 0 aliphatic heterocycles. The number of carbonyl (C=O) groups is 1. The van der Waals surface area contributed by atoms with Crippen LogP contribution in [0.15, 0.2) is 53.5 Å². The Morgan fingerprint density at radius 1 is 1.07 bits per heavy atom. The maximum atomic E-state index is 12.3. The number of hydrogen-bond donors (Lipinski definition) is 2. The van der Waals surface area contributed by atoms with Crippen LogP contribution >= 0.6 is 24.0 Å². The second-order valence-electron chi connectivity index (χ2n) is 6.20. The highest BCUT2D eigenvalue weighted by molar-refractivity contribution is 14.0. The largest absolute Gasteiger partial charge is 0.435 e. The number of guanidine groups is 1. The van der Waals surface area contributed by atoms with Crippen LogP contribution in [0.5, 0.6) is 5.75 Å². The monoisotopic (exact) mass is 518 g/mol. The second-order valence-corrected chi connectivity index (χ2v) is 6.20. The molecule has 1 amide bonds. The molecule has 2 N–H and O–H groups in total. The lowest BCUT2D eigenvalue weighted by atomic mass is 10.1. The first-order valence-electron chi connectivity index (χ1n) is 8.68. The van der Waals surface area contributed by atoms with Gasteiger partial charge in [-0.1, -0.05) is 24.3 Å². The summed E-state index contributed by atoms with van der Waals surface area (Å²) in [5.41, 5.74) is 2.40. The van der Waals surface area contributed by atoms with Crippen LogP contribution in [0.3, 0.4) is 0 Å². The van der Waals surface area contributed by atoms with Crippen LogP contribution in [-0.2, 0) is 13.1 Å². The molecule has 0 heterocycles. The number of benzene rings is 2. The first-order valence-corrected chi connectivity index (χ1v) is 8.68. The van der Waals surface area contributed by atoms with Crippen molar-refractivity contribution in [2.75, 3.05) is 21.1 Å². The third kappa shape index (κ3) is 8.22. The van der Waals surface area contributed by atoms with Gasteiger partial charge in [-0.15, -0.1) is 24.0 Å². The smallest absolute Gasteiger partial charge is 0.387 e. The molecule has 0 atom stereocenters. The van der Waals surface area contributed by atoms with E-state index in [0.717, 1.165) is 11.1 Å². The van der Waals surface area contributed by atoms with Crippen molar-refractivity contribution in [2.24, 2.45) is 4.99 Å². The quantitative estimate of drug-likeness (QED) is 0.335.